The molecule has 1 aliphatic heterocycles. The third-order valence-corrected chi connectivity index (χ3v) is 5.82. The zero-order valence-corrected chi connectivity index (χ0v) is 14.3. The lowest BCUT2D eigenvalue weighted by Crippen LogP contribution is -2.49. The molecule has 1 saturated heterocycles. The molecule has 0 N–H and O–H groups in total. The molecule has 0 unspecified atom stereocenters. The summed E-state index contributed by atoms with van der Waals surface area (Å²) in [6.07, 6.45) is 0. The highest BCUT2D eigenvalue weighted by Gasteiger charge is 2.29. The van der Waals surface area contributed by atoms with Crippen LogP contribution < -0.4 is 0 Å². The monoisotopic (exact) mass is 350 g/mol. The maximum Gasteiger partial charge on any atom is 0.257 e. The molecular formula is C15H18N4O4S. The van der Waals surface area contributed by atoms with Gasteiger partial charge in [0.05, 0.1) is 4.90 Å². The predicted molar refractivity (Wildman–Crippen MR) is 85.5 cm³/mol. The SMILES string of the molecule is CC(=O)N1CCN(S(=O)(=O)c2cccc(-c3nc(C)no3)c2)CC1. The minimum Gasteiger partial charge on any atom is -0.340 e. The Morgan fingerprint density at radius 2 is 1.92 bits per heavy atom. The number of sulfonamides is 1. The van der Waals surface area contributed by atoms with Crippen LogP contribution in [0, 0.1) is 6.92 Å². The van der Waals surface area contributed by atoms with Gasteiger partial charge in [0.15, 0.2) is 5.82 Å². The Balaban J connectivity index is 1.84. The first-order valence-electron chi connectivity index (χ1n) is 7.54. The first-order valence-corrected chi connectivity index (χ1v) is 8.98. The van der Waals surface area contributed by atoms with Crippen molar-refractivity contribution >= 4 is 15.9 Å². The number of aromatic nitrogens is 2. The molecule has 0 radical (unpaired) electrons. The first kappa shape index (κ1) is 16.6. The fourth-order valence-corrected chi connectivity index (χ4v) is 4.06. The van der Waals surface area contributed by atoms with Gasteiger partial charge in [-0.1, -0.05) is 11.2 Å². The third-order valence-electron chi connectivity index (χ3n) is 3.93. The van der Waals surface area contributed by atoms with E-state index in [0.717, 1.165) is 0 Å². The quantitative estimate of drug-likeness (QED) is 0.816. The van der Waals surface area contributed by atoms with Crippen molar-refractivity contribution in [3.05, 3.63) is 30.1 Å². The van der Waals surface area contributed by atoms with Crippen molar-refractivity contribution in [3.63, 3.8) is 0 Å². The number of carbonyl (C=O) groups excluding carboxylic acids is 1. The molecular weight excluding hydrogens is 332 g/mol. The second-order valence-corrected chi connectivity index (χ2v) is 7.52. The van der Waals surface area contributed by atoms with Crippen molar-refractivity contribution < 1.29 is 17.7 Å². The van der Waals surface area contributed by atoms with Crippen molar-refractivity contribution in [2.24, 2.45) is 0 Å². The fourth-order valence-electron chi connectivity index (χ4n) is 2.60. The number of nitrogens with zero attached hydrogens (tertiary/aromatic N) is 4. The molecule has 1 fully saturated rings. The molecule has 1 aromatic carbocycles. The van der Waals surface area contributed by atoms with Gasteiger partial charge in [-0.3, -0.25) is 4.79 Å². The summed E-state index contributed by atoms with van der Waals surface area (Å²) in [6.45, 7) is 4.55. The molecule has 8 nitrogen and oxygen atoms in total. The van der Waals surface area contributed by atoms with Gasteiger partial charge < -0.3 is 9.42 Å². The van der Waals surface area contributed by atoms with E-state index in [0.29, 0.717) is 24.5 Å². The molecule has 24 heavy (non-hydrogen) atoms. The molecule has 0 atom stereocenters. The number of hydrogen-bond acceptors (Lipinski definition) is 6. The normalized spacial score (nSPS) is 16.3. The van der Waals surface area contributed by atoms with Crippen LogP contribution in [0.15, 0.2) is 33.7 Å². The van der Waals surface area contributed by atoms with Gasteiger partial charge in [-0.2, -0.15) is 9.29 Å². The number of hydrogen-bond donors (Lipinski definition) is 0. The zero-order chi connectivity index (χ0) is 17.3. The standard InChI is InChI=1S/C15H18N4O4S/c1-11-16-15(23-17-11)13-4-3-5-14(10-13)24(21,22)19-8-6-18(7-9-19)12(2)20/h3-5,10H,6-9H2,1-2H3. The van der Waals surface area contributed by atoms with Gasteiger partial charge in [0, 0.05) is 38.7 Å². The number of rotatable bonds is 3. The summed E-state index contributed by atoms with van der Waals surface area (Å²) in [7, 11) is -3.63. The van der Waals surface area contributed by atoms with E-state index in [1.165, 1.54) is 17.3 Å². The maximum absolute atomic E-state index is 12.8. The van der Waals surface area contributed by atoms with Gasteiger partial charge in [0.25, 0.3) is 5.89 Å². The molecule has 0 spiro atoms. The Morgan fingerprint density at radius 3 is 2.50 bits per heavy atom. The average molecular weight is 350 g/mol. The summed E-state index contributed by atoms with van der Waals surface area (Å²) in [6, 6.07) is 6.44. The van der Waals surface area contributed by atoms with Crippen LogP contribution >= 0.6 is 0 Å². The number of benzene rings is 1. The second kappa shape index (κ2) is 6.33. The fraction of sp³-hybridized carbons (Fsp3) is 0.400. The van der Waals surface area contributed by atoms with Crippen LogP contribution in [-0.2, 0) is 14.8 Å². The van der Waals surface area contributed by atoms with Gasteiger partial charge in [0.2, 0.25) is 15.9 Å². The predicted octanol–water partition coefficient (Wildman–Crippen LogP) is 0.898. The lowest BCUT2D eigenvalue weighted by molar-refractivity contribution is -0.129. The van der Waals surface area contributed by atoms with Crippen molar-refractivity contribution in [3.8, 4) is 11.5 Å². The van der Waals surface area contributed by atoms with E-state index < -0.39 is 10.0 Å². The van der Waals surface area contributed by atoms with E-state index in [4.69, 9.17) is 4.52 Å². The molecule has 0 saturated carbocycles. The summed E-state index contributed by atoms with van der Waals surface area (Å²) >= 11 is 0. The highest BCUT2D eigenvalue weighted by molar-refractivity contribution is 7.89. The number of piperazine rings is 1. The van der Waals surface area contributed by atoms with Gasteiger partial charge in [0.1, 0.15) is 0 Å². The second-order valence-electron chi connectivity index (χ2n) is 5.58. The number of amides is 1. The van der Waals surface area contributed by atoms with Gasteiger partial charge >= 0.3 is 0 Å². The first-order chi connectivity index (χ1) is 11.4. The van der Waals surface area contributed by atoms with E-state index in [1.807, 2.05) is 0 Å². The highest BCUT2D eigenvalue weighted by Crippen LogP contribution is 2.24. The van der Waals surface area contributed by atoms with Crippen molar-refractivity contribution in [1.82, 2.24) is 19.3 Å². The van der Waals surface area contributed by atoms with Crippen molar-refractivity contribution in [2.75, 3.05) is 26.2 Å². The van der Waals surface area contributed by atoms with Crippen LogP contribution in [0.5, 0.6) is 0 Å². The number of aryl methyl sites for hydroxylation is 1. The van der Waals surface area contributed by atoms with E-state index >= 15 is 0 Å². The molecule has 128 valence electrons. The smallest absolute Gasteiger partial charge is 0.257 e. The maximum atomic E-state index is 12.8. The highest BCUT2D eigenvalue weighted by atomic mass is 32.2. The third kappa shape index (κ3) is 3.17. The van der Waals surface area contributed by atoms with E-state index in [2.05, 4.69) is 10.1 Å². The van der Waals surface area contributed by atoms with Gasteiger partial charge in [-0.15, -0.1) is 0 Å². The van der Waals surface area contributed by atoms with Crippen molar-refractivity contribution in [2.45, 2.75) is 18.7 Å². The molecule has 3 rings (SSSR count). The van der Waals surface area contributed by atoms with Crippen LogP contribution in [0.3, 0.4) is 0 Å². The topological polar surface area (TPSA) is 96.6 Å². The van der Waals surface area contributed by atoms with E-state index in [1.54, 1.807) is 30.0 Å². The lowest BCUT2D eigenvalue weighted by atomic mass is 10.2. The molecule has 0 aliphatic carbocycles. The molecule has 1 aromatic heterocycles. The van der Waals surface area contributed by atoms with Crippen LogP contribution in [0.1, 0.15) is 12.7 Å². The molecule has 1 amide bonds. The van der Waals surface area contributed by atoms with Gasteiger partial charge in [-0.25, -0.2) is 8.42 Å². The minimum atomic E-state index is -3.63. The van der Waals surface area contributed by atoms with Crippen molar-refractivity contribution in [1.29, 1.82) is 0 Å². The summed E-state index contributed by atoms with van der Waals surface area (Å²) < 4.78 is 32.1. The average Bonchev–Trinajstić information content (AvgIpc) is 3.01. The Labute approximate surface area is 140 Å². The number of carbonyl (C=O) groups is 1. The Morgan fingerprint density at radius 1 is 1.21 bits per heavy atom. The van der Waals surface area contributed by atoms with Crippen LogP contribution in [0.2, 0.25) is 0 Å². The lowest BCUT2D eigenvalue weighted by Gasteiger charge is -2.33. The van der Waals surface area contributed by atoms with E-state index in [9.17, 15) is 13.2 Å². The molecule has 1 aliphatic rings. The molecule has 9 heteroatoms. The summed E-state index contributed by atoms with van der Waals surface area (Å²) in [5.74, 6) is 0.727. The molecule has 2 aromatic rings. The zero-order valence-electron chi connectivity index (χ0n) is 13.5. The van der Waals surface area contributed by atoms with Crippen LogP contribution in [-0.4, -0.2) is 59.8 Å². The Hall–Kier alpha value is -2.26. The summed E-state index contributed by atoms with van der Waals surface area (Å²) in [5.41, 5.74) is 0.555. The Bertz CT molecular complexity index is 854. The summed E-state index contributed by atoms with van der Waals surface area (Å²) in [4.78, 5) is 17.3. The van der Waals surface area contributed by atoms with E-state index in [-0.39, 0.29) is 29.8 Å². The van der Waals surface area contributed by atoms with Crippen LogP contribution in [0.4, 0.5) is 0 Å². The largest absolute Gasteiger partial charge is 0.340 e. The molecule has 2 heterocycles. The Kier molecular flexibility index (Phi) is 4.37. The van der Waals surface area contributed by atoms with Gasteiger partial charge in [-0.05, 0) is 25.1 Å². The molecule has 0 bridgehead atoms. The minimum absolute atomic E-state index is 0.0409. The van der Waals surface area contributed by atoms with Crippen LogP contribution in [0.25, 0.3) is 11.5 Å². The summed E-state index contributed by atoms with van der Waals surface area (Å²) in [5, 5.41) is 3.72.